The van der Waals surface area contributed by atoms with Crippen molar-refractivity contribution in [1.82, 2.24) is 9.80 Å². The summed E-state index contributed by atoms with van der Waals surface area (Å²) in [6.07, 6.45) is 0. The van der Waals surface area contributed by atoms with Crippen LogP contribution in [0.5, 0.6) is 0 Å². The van der Waals surface area contributed by atoms with Crippen LogP contribution in [0.3, 0.4) is 0 Å². The van der Waals surface area contributed by atoms with E-state index in [1.807, 2.05) is 7.05 Å². The van der Waals surface area contributed by atoms with Gasteiger partial charge in [-0.15, -0.1) is 12.4 Å². The zero-order valence-corrected chi connectivity index (χ0v) is 18.2. The average Bonchev–Trinajstić information content (AvgIpc) is 2.64. The maximum absolute atomic E-state index is 12.8. The summed E-state index contributed by atoms with van der Waals surface area (Å²) in [7, 11) is -1.88. The molecule has 0 radical (unpaired) electrons. The van der Waals surface area contributed by atoms with Crippen LogP contribution in [-0.4, -0.2) is 57.4 Å². The molecular formula is C18H20Cl3N3O3S. The first-order chi connectivity index (χ1) is 12.8. The third-order valence-corrected chi connectivity index (χ3v) is 6.33. The molecule has 28 heavy (non-hydrogen) atoms. The Labute approximate surface area is 180 Å². The van der Waals surface area contributed by atoms with Gasteiger partial charge in [-0.3, -0.25) is 9.52 Å². The topological polar surface area (TPSA) is 69.7 Å². The number of carbonyl (C=O) groups excluding carboxylic acids is 1. The summed E-state index contributed by atoms with van der Waals surface area (Å²) >= 11 is 12.0. The number of nitrogens with one attached hydrogen (secondary N) is 1. The molecule has 6 nitrogen and oxygen atoms in total. The van der Waals surface area contributed by atoms with Crippen molar-refractivity contribution < 1.29 is 13.2 Å². The molecule has 0 unspecified atom stereocenters. The molecule has 3 rings (SSSR count). The first-order valence-corrected chi connectivity index (χ1v) is 10.6. The quantitative estimate of drug-likeness (QED) is 0.750. The van der Waals surface area contributed by atoms with Crippen LogP contribution in [-0.2, 0) is 10.0 Å². The number of halogens is 3. The van der Waals surface area contributed by atoms with E-state index in [9.17, 15) is 13.2 Å². The summed E-state index contributed by atoms with van der Waals surface area (Å²) in [5, 5.41) is 0.730. The zero-order chi connectivity index (χ0) is 19.6. The van der Waals surface area contributed by atoms with Gasteiger partial charge in [-0.25, -0.2) is 8.42 Å². The molecule has 1 aliphatic rings. The molecule has 0 atom stereocenters. The maximum Gasteiger partial charge on any atom is 0.261 e. The SMILES string of the molecule is CN1CCN(C(=O)c2cc(S(=O)(=O)Nc3ccc(Cl)cc3)ccc2Cl)CC1.Cl. The summed E-state index contributed by atoms with van der Waals surface area (Å²) in [4.78, 5) is 16.6. The van der Waals surface area contributed by atoms with E-state index in [0.717, 1.165) is 13.1 Å². The van der Waals surface area contributed by atoms with Crippen LogP contribution in [0, 0.1) is 0 Å². The van der Waals surface area contributed by atoms with Gasteiger partial charge in [-0.2, -0.15) is 0 Å². The fourth-order valence-corrected chi connectivity index (χ4v) is 4.16. The highest BCUT2D eigenvalue weighted by Gasteiger charge is 2.24. The van der Waals surface area contributed by atoms with Gasteiger partial charge < -0.3 is 9.80 Å². The Morgan fingerprint density at radius 2 is 1.61 bits per heavy atom. The second-order valence-electron chi connectivity index (χ2n) is 6.35. The molecule has 152 valence electrons. The second kappa shape index (κ2) is 9.33. The highest BCUT2D eigenvalue weighted by molar-refractivity contribution is 7.92. The minimum absolute atomic E-state index is 0. The van der Waals surface area contributed by atoms with Crippen molar-refractivity contribution in [2.45, 2.75) is 4.90 Å². The van der Waals surface area contributed by atoms with Crippen LogP contribution in [0.4, 0.5) is 5.69 Å². The van der Waals surface area contributed by atoms with Crippen molar-refractivity contribution in [3.63, 3.8) is 0 Å². The number of benzene rings is 2. The molecule has 1 amide bonds. The Kier molecular flexibility index (Phi) is 7.59. The van der Waals surface area contributed by atoms with Crippen molar-refractivity contribution >= 4 is 57.2 Å². The van der Waals surface area contributed by atoms with Gasteiger partial charge in [0.2, 0.25) is 0 Å². The monoisotopic (exact) mass is 463 g/mol. The van der Waals surface area contributed by atoms with Crippen LogP contribution >= 0.6 is 35.6 Å². The lowest BCUT2D eigenvalue weighted by molar-refractivity contribution is 0.0664. The number of anilines is 1. The lowest BCUT2D eigenvalue weighted by Crippen LogP contribution is -2.47. The van der Waals surface area contributed by atoms with Gasteiger partial charge in [-0.1, -0.05) is 23.2 Å². The number of hydrogen-bond acceptors (Lipinski definition) is 4. The standard InChI is InChI=1S/C18H19Cl2N3O3S.ClH/c1-22-8-10-23(11-9-22)18(24)16-12-15(6-7-17(16)20)27(25,26)21-14-4-2-13(19)3-5-14;/h2-7,12,21H,8-11H2,1H3;1H. The first-order valence-electron chi connectivity index (χ1n) is 8.32. The predicted octanol–water partition coefficient (Wildman–Crippen LogP) is 3.60. The minimum Gasteiger partial charge on any atom is -0.336 e. The molecule has 1 aliphatic heterocycles. The largest absolute Gasteiger partial charge is 0.336 e. The third-order valence-electron chi connectivity index (χ3n) is 4.37. The van der Waals surface area contributed by atoms with E-state index in [1.54, 1.807) is 29.2 Å². The summed E-state index contributed by atoms with van der Waals surface area (Å²) < 4.78 is 27.8. The van der Waals surface area contributed by atoms with Gasteiger partial charge in [-0.05, 0) is 49.5 Å². The molecule has 1 saturated heterocycles. The van der Waals surface area contributed by atoms with Crippen LogP contribution in [0.2, 0.25) is 10.0 Å². The number of likely N-dealkylation sites (N-methyl/N-ethyl adjacent to an activating group) is 1. The Morgan fingerprint density at radius 3 is 2.21 bits per heavy atom. The molecule has 10 heteroatoms. The summed E-state index contributed by atoms with van der Waals surface area (Å²) in [6.45, 7) is 2.68. The van der Waals surface area contributed by atoms with Gasteiger partial charge in [0.05, 0.1) is 15.5 Å². The van der Waals surface area contributed by atoms with E-state index >= 15 is 0 Å². The minimum atomic E-state index is -3.87. The van der Waals surface area contributed by atoms with Crippen molar-refractivity contribution in [3.05, 3.63) is 58.1 Å². The molecule has 0 bridgehead atoms. The van der Waals surface area contributed by atoms with Gasteiger partial charge >= 0.3 is 0 Å². The molecule has 2 aromatic rings. The Morgan fingerprint density at radius 1 is 1.00 bits per heavy atom. The zero-order valence-electron chi connectivity index (χ0n) is 15.1. The van der Waals surface area contributed by atoms with E-state index in [0.29, 0.717) is 23.8 Å². The van der Waals surface area contributed by atoms with Gasteiger partial charge in [0.25, 0.3) is 15.9 Å². The van der Waals surface area contributed by atoms with Crippen molar-refractivity contribution in [2.75, 3.05) is 37.9 Å². The fraction of sp³-hybridized carbons (Fsp3) is 0.278. The van der Waals surface area contributed by atoms with E-state index in [4.69, 9.17) is 23.2 Å². The number of nitrogens with zero attached hydrogens (tertiary/aromatic N) is 2. The highest BCUT2D eigenvalue weighted by Crippen LogP contribution is 2.24. The molecule has 1 N–H and O–H groups in total. The van der Waals surface area contributed by atoms with E-state index < -0.39 is 10.0 Å². The highest BCUT2D eigenvalue weighted by atomic mass is 35.5. The van der Waals surface area contributed by atoms with Gasteiger partial charge in [0, 0.05) is 36.9 Å². The van der Waals surface area contributed by atoms with E-state index in [2.05, 4.69) is 9.62 Å². The van der Waals surface area contributed by atoms with Gasteiger partial charge in [0.1, 0.15) is 0 Å². The van der Waals surface area contributed by atoms with Crippen LogP contribution in [0.15, 0.2) is 47.4 Å². The second-order valence-corrected chi connectivity index (χ2v) is 8.88. The Balaban J connectivity index is 0.00000280. The van der Waals surface area contributed by atoms with E-state index in [1.165, 1.54) is 18.2 Å². The van der Waals surface area contributed by atoms with Crippen molar-refractivity contribution in [2.24, 2.45) is 0 Å². The molecule has 0 saturated carbocycles. The molecule has 1 heterocycles. The third kappa shape index (κ3) is 5.30. The lowest BCUT2D eigenvalue weighted by atomic mass is 10.2. The predicted molar refractivity (Wildman–Crippen MR) is 114 cm³/mol. The van der Waals surface area contributed by atoms with Crippen LogP contribution in [0.25, 0.3) is 0 Å². The number of hydrogen-bond donors (Lipinski definition) is 1. The number of rotatable bonds is 4. The van der Waals surface area contributed by atoms with Crippen LogP contribution < -0.4 is 4.72 Å². The molecular weight excluding hydrogens is 445 g/mol. The summed E-state index contributed by atoms with van der Waals surface area (Å²) in [5.74, 6) is -0.267. The average molecular weight is 465 g/mol. The van der Waals surface area contributed by atoms with Crippen molar-refractivity contribution in [3.8, 4) is 0 Å². The van der Waals surface area contributed by atoms with E-state index in [-0.39, 0.29) is 33.8 Å². The number of sulfonamides is 1. The van der Waals surface area contributed by atoms with Gasteiger partial charge in [0.15, 0.2) is 0 Å². The molecule has 0 spiro atoms. The maximum atomic E-state index is 12.8. The molecule has 0 aromatic heterocycles. The smallest absolute Gasteiger partial charge is 0.261 e. The summed E-state index contributed by atoms with van der Waals surface area (Å²) in [5.41, 5.74) is 0.557. The molecule has 2 aromatic carbocycles. The Bertz CT molecular complexity index is 944. The fourth-order valence-electron chi connectivity index (χ4n) is 2.75. The normalized spacial score (nSPS) is 15.0. The lowest BCUT2D eigenvalue weighted by Gasteiger charge is -2.32. The molecule has 1 fully saturated rings. The first kappa shape index (κ1) is 22.8. The Hall–Kier alpha value is -1.51. The van der Waals surface area contributed by atoms with Crippen LogP contribution in [0.1, 0.15) is 10.4 Å². The van der Waals surface area contributed by atoms with Crippen molar-refractivity contribution in [1.29, 1.82) is 0 Å². The number of piperazine rings is 1. The number of amides is 1. The number of carbonyl (C=O) groups is 1. The summed E-state index contributed by atoms with van der Waals surface area (Å²) in [6, 6.07) is 10.4. The molecule has 0 aliphatic carbocycles.